The molecule has 1 aliphatic rings. The molecule has 76 heavy (non-hydrogen) atoms. The predicted octanol–water partition coefficient (Wildman–Crippen LogP) is 20.1. The van der Waals surface area contributed by atoms with Gasteiger partial charge in [-0.3, -0.25) is 0 Å². The molecule has 1 atom stereocenters. The van der Waals surface area contributed by atoms with Gasteiger partial charge in [0.15, 0.2) is 0 Å². The molecule has 0 saturated carbocycles. The first-order valence-corrected chi connectivity index (χ1v) is 26.1. The number of allylic oxidation sites excluding steroid dienone is 2. The second kappa shape index (κ2) is 22.1. The number of benzene rings is 11. The molecule has 0 saturated heterocycles. The van der Waals surface area contributed by atoms with Crippen molar-refractivity contribution in [2.45, 2.75) is 12.5 Å². The summed E-state index contributed by atoms with van der Waals surface area (Å²) in [6, 6.07) is 107. The average Bonchev–Trinajstić information content (AvgIpc) is 3.51. The summed E-state index contributed by atoms with van der Waals surface area (Å²) in [5, 5.41) is 0. The smallest absolute Gasteiger partial charge is 0.0559 e. The third-order valence-corrected chi connectivity index (χ3v) is 14.2. The Morgan fingerprint density at radius 2 is 0.421 bits per heavy atom. The van der Waals surface area contributed by atoms with Crippen LogP contribution in [0.2, 0.25) is 0 Å². The molecule has 0 heterocycles. The lowest BCUT2D eigenvalue weighted by Gasteiger charge is -2.32. The van der Waals surface area contributed by atoms with E-state index in [0.29, 0.717) is 0 Å². The van der Waals surface area contributed by atoms with Crippen molar-refractivity contribution in [3.8, 4) is 33.4 Å². The van der Waals surface area contributed by atoms with Crippen molar-refractivity contribution in [2.24, 2.45) is 0 Å². The summed E-state index contributed by atoms with van der Waals surface area (Å²) >= 11 is 0. The molecule has 0 aromatic heterocycles. The summed E-state index contributed by atoms with van der Waals surface area (Å²) in [6.45, 7) is 0. The van der Waals surface area contributed by atoms with Crippen molar-refractivity contribution in [3.63, 3.8) is 0 Å². The minimum atomic E-state index is 0.263. The van der Waals surface area contributed by atoms with Crippen molar-refractivity contribution >= 4 is 62.6 Å². The van der Waals surface area contributed by atoms with Crippen molar-refractivity contribution in [1.29, 1.82) is 0 Å². The molecule has 11 aromatic rings. The van der Waals surface area contributed by atoms with E-state index in [-0.39, 0.29) is 6.04 Å². The van der Waals surface area contributed by atoms with E-state index >= 15 is 0 Å². The van der Waals surface area contributed by atoms with Gasteiger partial charge in [-0.2, -0.15) is 0 Å². The van der Waals surface area contributed by atoms with Crippen LogP contribution < -0.4 is 19.6 Å². The van der Waals surface area contributed by atoms with E-state index in [4.69, 9.17) is 0 Å². The molecular weight excluding hydrogens is 921 g/mol. The number of rotatable bonds is 15. The van der Waals surface area contributed by atoms with Gasteiger partial charge in [0.25, 0.3) is 0 Å². The second-order valence-electron chi connectivity index (χ2n) is 19.0. The maximum atomic E-state index is 2.43. The van der Waals surface area contributed by atoms with Gasteiger partial charge < -0.3 is 19.6 Å². The van der Waals surface area contributed by atoms with Gasteiger partial charge in [0.2, 0.25) is 0 Å². The Balaban J connectivity index is 0.770. The van der Waals surface area contributed by atoms with Crippen LogP contribution in [0.25, 0.3) is 33.4 Å². The van der Waals surface area contributed by atoms with Crippen LogP contribution in [0.15, 0.2) is 322 Å². The lowest BCUT2D eigenvalue weighted by atomic mass is 10.0. The second-order valence-corrected chi connectivity index (χ2v) is 19.0. The first kappa shape index (κ1) is 47.1. The van der Waals surface area contributed by atoms with Gasteiger partial charge >= 0.3 is 0 Å². The zero-order valence-electron chi connectivity index (χ0n) is 42.2. The molecular formula is C72H56N4. The molecule has 0 bridgehead atoms. The van der Waals surface area contributed by atoms with E-state index in [0.717, 1.165) is 79.9 Å². The van der Waals surface area contributed by atoms with Crippen molar-refractivity contribution < 1.29 is 0 Å². The van der Waals surface area contributed by atoms with Crippen LogP contribution in [0.5, 0.6) is 0 Å². The van der Waals surface area contributed by atoms with Crippen molar-refractivity contribution in [2.75, 3.05) is 19.6 Å². The summed E-state index contributed by atoms with van der Waals surface area (Å²) in [5.41, 5.74) is 19.3. The lowest BCUT2D eigenvalue weighted by Crippen LogP contribution is -2.29. The third-order valence-electron chi connectivity index (χ3n) is 14.2. The average molecular weight is 977 g/mol. The summed E-state index contributed by atoms with van der Waals surface area (Å²) in [6.07, 6.45) is 9.79. The molecule has 0 fully saturated rings. The quantitative estimate of drug-likeness (QED) is 0.101. The van der Waals surface area contributed by atoms with E-state index in [9.17, 15) is 0 Å². The van der Waals surface area contributed by atoms with Gasteiger partial charge in [0.05, 0.1) is 6.04 Å². The Kier molecular flexibility index (Phi) is 13.7. The van der Waals surface area contributed by atoms with Crippen LogP contribution in [0, 0.1) is 0 Å². The van der Waals surface area contributed by atoms with E-state index in [1.165, 1.54) is 22.5 Å². The Bertz CT molecular complexity index is 3620. The number of hydrogen-bond donors (Lipinski definition) is 0. The molecule has 0 spiro atoms. The minimum Gasteiger partial charge on any atom is -0.334 e. The number of hydrogen-bond acceptors (Lipinski definition) is 4. The first-order valence-electron chi connectivity index (χ1n) is 26.1. The van der Waals surface area contributed by atoms with Gasteiger partial charge in [0, 0.05) is 62.6 Å². The molecule has 0 radical (unpaired) electrons. The summed E-state index contributed by atoms with van der Waals surface area (Å²) in [7, 11) is 0. The van der Waals surface area contributed by atoms with E-state index in [2.05, 4.69) is 341 Å². The van der Waals surface area contributed by atoms with Crippen molar-refractivity contribution in [3.05, 3.63) is 322 Å². The molecule has 1 aliphatic carbocycles. The highest BCUT2D eigenvalue weighted by atomic mass is 15.2. The van der Waals surface area contributed by atoms with Crippen LogP contribution in [-0.2, 0) is 0 Å². The highest BCUT2D eigenvalue weighted by Crippen LogP contribution is 2.41. The third kappa shape index (κ3) is 10.2. The maximum absolute atomic E-state index is 2.43. The predicted molar refractivity (Wildman–Crippen MR) is 322 cm³/mol. The van der Waals surface area contributed by atoms with Crippen LogP contribution >= 0.6 is 0 Å². The monoisotopic (exact) mass is 976 g/mol. The van der Waals surface area contributed by atoms with Crippen LogP contribution in [0.3, 0.4) is 0 Å². The number of anilines is 11. The Morgan fingerprint density at radius 3 is 0.658 bits per heavy atom. The molecule has 364 valence electrons. The largest absolute Gasteiger partial charge is 0.334 e. The fraction of sp³-hybridized carbons (Fsp3) is 0.0278. The standard InChI is InChI=1S/C72H56N4/c1-7-19-61(20-8-1)73(62-21-9-2-10-22-62)67-43-31-55(32-44-67)57-35-47-69(48-36-57)75(65-27-15-5-16-28-65)71-51-39-59(40-52-71)60-41-53-72(54-42-60)76(66-29-17-6-18-30-66)70-49-37-58(38-50-70)56-33-45-68(46-34-56)74(63-23-11-3-12-24-63)64-25-13-4-14-26-64/h1-25,27-54,64H,26H2. The van der Waals surface area contributed by atoms with Crippen LogP contribution in [0.1, 0.15) is 6.42 Å². The van der Waals surface area contributed by atoms with E-state index in [1.807, 2.05) is 0 Å². The van der Waals surface area contributed by atoms with Gasteiger partial charge in [0.1, 0.15) is 0 Å². The minimum absolute atomic E-state index is 0.263. The molecule has 0 amide bonds. The molecule has 12 rings (SSSR count). The molecule has 0 N–H and O–H groups in total. The van der Waals surface area contributed by atoms with E-state index in [1.54, 1.807) is 0 Å². The van der Waals surface area contributed by atoms with Crippen LogP contribution in [0.4, 0.5) is 62.6 Å². The summed E-state index contributed by atoms with van der Waals surface area (Å²) < 4.78 is 0. The van der Waals surface area contributed by atoms with Gasteiger partial charge in [-0.25, -0.2) is 0 Å². The number of para-hydroxylation sites is 5. The van der Waals surface area contributed by atoms with E-state index < -0.39 is 0 Å². The number of nitrogens with zero attached hydrogens (tertiary/aromatic N) is 4. The zero-order valence-corrected chi connectivity index (χ0v) is 42.2. The Labute approximate surface area is 447 Å². The molecule has 4 heteroatoms. The maximum Gasteiger partial charge on any atom is 0.0559 e. The van der Waals surface area contributed by atoms with Gasteiger partial charge in [-0.15, -0.1) is 0 Å². The fourth-order valence-corrected chi connectivity index (χ4v) is 10.4. The Hall–Kier alpha value is -9.90. The molecule has 11 aromatic carbocycles. The van der Waals surface area contributed by atoms with Crippen LogP contribution in [-0.4, -0.2) is 6.04 Å². The summed E-state index contributed by atoms with van der Waals surface area (Å²) in [4.78, 5) is 9.37. The zero-order chi connectivity index (χ0) is 50.9. The van der Waals surface area contributed by atoms with Crippen molar-refractivity contribution in [1.82, 2.24) is 0 Å². The highest BCUT2D eigenvalue weighted by Gasteiger charge is 2.20. The lowest BCUT2D eigenvalue weighted by molar-refractivity contribution is 0.785. The van der Waals surface area contributed by atoms with Gasteiger partial charge in [-0.05, 0) is 173 Å². The molecule has 4 nitrogen and oxygen atoms in total. The molecule has 0 aliphatic heterocycles. The first-order chi connectivity index (χ1) is 37.7. The topological polar surface area (TPSA) is 13.0 Å². The Morgan fingerprint density at radius 1 is 0.211 bits per heavy atom. The SMILES string of the molecule is C1=CCC(N(c2ccccc2)c2ccc(-c3ccc(N(c4ccccc4)c4ccc(-c5ccc(N(c6ccccc6)c6ccc(-c7ccc(N(c8ccccc8)c8ccccc8)cc7)cc6)cc5)cc4)cc3)cc2)C=C1. The molecule has 1 unspecified atom stereocenters. The van der Waals surface area contributed by atoms with Gasteiger partial charge in [-0.1, -0.05) is 188 Å². The summed E-state index contributed by atoms with van der Waals surface area (Å²) in [5.74, 6) is 0. The normalized spacial score (nSPS) is 12.7. The highest BCUT2D eigenvalue weighted by molar-refractivity contribution is 5.84. The fourth-order valence-electron chi connectivity index (χ4n) is 10.4.